The van der Waals surface area contributed by atoms with Crippen LogP contribution in [0.4, 0.5) is 0 Å². The maximum Gasteiger partial charge on any atom is 0.0597 e. The minimum Gasteiger partial charge on any atom is -0.377 e. The molecule has 0 aliphatic carbocycles. The number of rotatable bonds is 5. The molecule has 1 heterocycles. The zero-order chi connectivity index (χ0) is 15.3. The molecule has 1 aromatic carbocycles. The van der Waals surface area contributed by atoms with Gasteiger partial charge in [-0.2, -0.15) is 0 Å². The van der Waals surface area contributed by atoms with Crippen LogP contribution in [-0.2, 0) is 10.3 Å². The van der Waals surface area contributed by atoms with Crippen molar-refractivity contribution in [1.82, 2.24) is 10.2 Å². The van der Waals surface area contributed by atoms with Crippen molar-refractivity contribution in [3.8, 4) is 0 Å². The first-order chi connectivity index (χ1) is 10.0. The highest BCUT2D eigenvalue weighted by molar-refractivity contribution is 5.24. The molecule has 2 unspecified atom stereocenters. The summed E-state index contributed by atoms with van der Waals surface area (Å²) >= 11 is 0. The third kappa shape index (κ3) is 4.53. The highest BCUT2D eigenvalue weighted by atomic mass is 16.5. The van der Waals surface area contributed by atoms with E-state index in [1.807, 2.05) is 0 Å². The van der Waals surface area contributed by atoms with E-state index in [0.717, 1.165) is 26.2 Å². The van der Waals surface area contributed by atoms with Crippen molar-refractivity contribution in [3.63, 3.8) is 0 Å². The minimum atomic E-state index is 0.0177. The van der Waals surface area contributed by atoms with E-state index in [0.29, 0.717) is 12.1 Å². The van der Waals surface area contributed by atoms with Crippen LogP contribution in [0.2, 0.25) is 0 Å². The Labute approximate surface area is 129 Å². The second-order valence-corrected chi connectivity index (χ2v) is 6.65. The van der Waals surface area contributed by atoms with Gasteiger partial charge in [0, 0.05) is 19.1 Å². The molecule has 0 saturated carbocycles. The highest BCUT2D eigenvalue weighted by Gasteiger charge is 2.32. The summed E-state index contributed by atoms with van der Waals surface area (Å²) < 4.78 is 5.75. The summed E-state index contributed by atoms with van der Waals surface area (Å²) in [6.45, 7) is 12.7. The first-order valence-corrected chi connectivity index (χ1v) is 8.17. The number of ether oxygens (including phenoxy) is 1. The normalized spacial score (nSPS) is 27.8. The molecule has 21 heavy (non-hydrogen) atoms. The molecule has 1 aliphatic heterocycles. The van der Waals surface area contributed by atoms with Crippen molar-refractivity contribution in [1.29, 1.82) is 0 Å². The molecule has 0 spiro atoms. The Morgan fingerprint density at radius 2 is 2.05 bits per heavy atom. The highest BCUT2D eigenvalue weighted by Crippen LogP contribution is 2.25. The summed E-state index contributed by atoms with van der Waals surface area (Å²) in [7, 11) is 0. The average molecular weight is 290 g/mol. The monoisotopic (exact) mass is 290 g/mol. The fraction of sp³-hybridized carbons (Fsp3) is 0.667. The van der Waals surface area contributed by atoms with Crippen LogP contribution in [0.1, 0.15) is 39.7 Å². The fourth-order valence-electron chi connectivity index (χ4n) is 3.06. The smallest absolute Gasteiger partial charge is 0.0597 e. The van der Waals surface area contributed by atoms with Gasteiger partial charge < -0.3 is 10.1 Å². The van der Waals surface area contributed by atoms with E-state index in [1.54, 1.807) is 0 Å². The lowest BCUT2D eigenvalue weighted by Gasteiger charge is -2.36. The van der Waals surface area contributed by atoms with E-state index in [9.17, 15) is 0 Å². The molecule has 1 fully saturated rings. The quantitative estimate of drug-likeness (QED) is 0.902. The third-order valence-electron chi connectivity index (χ3n) is 4.46. The van der Waals surface area contributed by atoms with Crippen LogP contribution in [0.3, 0.4) is 0 Å². The maximum atomic E-state index is 5.75. The summed E-state index contributed by atoms with van der Waals surface area (Å²) in [6.07, 6.45) is 1.50. The molecular weight excluding hydrogens is 260 g/mol. The van der Waals surface area contributed by atoms with Crippen molar-refractivity contribution in [2.75, 3.05) is 26.2 Å². The number of hydrogen-bond donors (Lipinski definition) is 1. The van der Waals surface area contributed by atoms with Gasteiger partial charge in [-0.05, 0) is 46.2 Å². The van der Waals surface area contributed by atoms with Gasteiger partial charge in [0.15, 0.2) is 0 Å². The lowest BCUT2D eigenvalue weighted by Crippen LogP contribution is -2.48. The first kappa shape index (κ1) is 16.5. The van der Waals surface area contributed by atoms with Gasteiger partial charge in [-0.15, -0.1) is 0 Å². The lowest BCUT2D eigenvalue weighted by molar-refractivity contribution is 0.0461. The molecule has 1 aliphatic rings. The van der Waals surface area contributed by atoms with Crippen LogP contribution in [0.5, 0.6) is 0 Å². The molecule has 0 amide bonds. The Morgan fingerprint density at radius 3 is 2.71 bits per heavy atom. The number of nitrogens with one attached hydrogen (secondary N) is 1. The summed E-state index contributed by atoms with van der Waals surface area (Å²) in [5.74, 6) is 0. The second-order valence-electron chi connectivity index (χ2n) is 6.65. The average Bonchev–Trinajstić information content (AvgIpc) is 2.60. The van der Waals surface area contributed by atoms with Crippen molar-refractivity contribution in [3.05, 3.63) is 35.9 Å². The molecule has 3 heteroatoms. The number of nitrogens with zero attached hydrogens (tertiary/aromatic N) is 1. The fourth-order valence-corrected chi connectivity index (χ4v) is 3.06. The van der Waals surface area contributed by atoms with Crippen molar-refractivity contribution in [2.45, 2.75) is 51.8 Å². The SMILES string of the molecule is CC(C)OCCN1CC(C)(c2ccccc2)NCCC1C. The lowest BCUT2D eigenvalue weighted by atomic mass is 9.91. The van der Waals surface area contributed by atoms with E-state index in [1.165, 1.54) is 12.0 Å². The first-order valence-electron chi connectivity index (χ1n) is 8.17. The molecule has 2 atom stereocenters. The largest absolute Gasteiger partial charge is 0.377 e. The van der Waals surface area contributed by atoms with Crippen LogP contribution in [0.15, 0.2) is 30.3 Å². The standard InChI is InChI=1S/C18H30N2O/c1-15(2)21-13-12-20-14-18(4,19-11-10-16(20)3)17-8-6-5-7-9-17/h5-9,15-16,19H,10-14H2,1-4H3. The van der Waals surface area contributed by atoms with E-state index in [2.05, 4.69) is 68.2 Å². The van der Waals surface area contributed by atoms with E-state index >= 15 is 0 Å². The minimum absolute atomic E-state index is 0.0177. The van der Waals surface area contributed by atoms with Crippen LogP contribution < -0.4 is 5.32 Å². The van der Waals surface area contributed by atoms with Gasteiger partial charge in [0.25, 0.3) is 0 Å². The number of benzene rings is 1. The Morgan fingerprint density at radius 1 is 1.33 bits per heavy atom. The van der Waals surface area contributed by atoms with Gasteiger partial charge in [-0.1, -0.05) is 30.3 Å². The third-order valence-corrected chi connectivity index (χ3v) is 4.46. The molecule has 118 valence electrons. The summed E-state index contributed by atoms with van der Waals surface area (Å²) in [6, 6.07) is 11.4. The summed E-state index contributed by atoms with van der Waals surface area (Å²) in [4.78, 5) is 2.56. The molecular formula is C18H30N2O. The van der Waals surface area contributed by atoms with Gasteiger partial charge in [-0.25, -0.2) is 0 Å². The Bertz CT molecular complexity index is 420. The zero-order valence-electron chi connectivity index (χ0n) is 13.9. The van der Waals surface area contributed by atoms with Crippen LogP contribution in [0.25, 0.3) is 0 Å². The van der Waals surface area contributed by atoms with Gasteiger partial charge in [0.05, 0.1) is 18.2 Å². The summed E-state index contributed by atoms with van der Waals surface area (Å²) in [5.41, 5.74) is 1.39. The summed E-state index contributed by atoms with van der Waals surface area (Å²) in [5, 5.41) is 3.75. The predicted molar refractivity (Wildman–Crippen MR) is 88.5 cm³/mol. The van der Waals surface area contributed by atoms with Gasteiger partial charge >= 0.3 is 0 Å². The van der Waals surface area contributed by atoms with Crippen molar-refractivity contribution >= 4 is 0 Å². The van der Waals surface area contributed by atoms with E-state index in [4.69, 9.17) is 4.74 Å². The van der Waals surface area contributed by atoms with Gasteiger partial charge in [0.1, 0.15) is 0 Å². The Kier molecular flexibility index (Phi) is 5.80. The zero-order valence-corrected chi connectivity index (χ0v) is 13.9. The second kappa shape index (κ2) is 7.39. The molecule has 2 rings (SSSR count). The van der Waals surface area contributed by atoms with E-state index in [-0.39, 0.29) is 5.54 Å². The number of hydrogen-bond acceptors (Lipinski definition) is 3. The molecule has 0 radical (unpaired) electrons. The Balaban J connectivity index is 2.06. The molecule has 3 nitrogen and oxygen atoms in total. The predicted octanol–water partition coefficient (Wildman–Crippen LogP) is 3.01. The van der Waals surface area contributed by atoms with Crippen LogP contribution in [-0.4, -0.2) is 43.3 Å². The van der Waals surface area contributed by atoms with Gasteiger partial charge in [0.2, 0.25) is 0 Å². The molecule has 0 aromatic heterocycles. The van der Waals surface area contributed by atoms with Crippen molar-refractivity contribution < 1.29 is 4.74 Å². The molecule has 1 N–H and O–H groups in total. The van der Waals surface area contributed by atoms with Crippen LogP contribution >= 0.6 is 0 Å². The maximum absolute atomic E-state index is 5.75. The molecule has 1 aromatic rings. The molecule has 0 bridgehead atoms. The van der Waals surface area contributed by atoms with Crippen molar-refractivity contribution in [2.24, 2.45) is 0 Å². The Hall–Kier alpha value is -0.900. The van der Waals surface area contributed by atoms with Crippen LogP contribution in [0, 0.1) is 0 Å². The van der Waals surface area contributed by atoms with E-state index < -0.39 is 0 Å². The topological polar surface area (TPSA) is 24.5 Å². The van der Waals surface area contributed by atoms with Gasteiger partial charge in [-0.3, -0.25) is 4.90 Å². The molecule has 1 saturated heterocycles.